The Kier molecular flexibility index (Phi) is 7.77. The minimum Gasteiger partial charge on any atom is -0.463 e. The molecule has 35 heavy (non-hydrogen) atoms. The summed E-state index contributed by atoms with van der Waals surface area (Å²) in [6.45, 7) is 7.22. The number of hydrogen-bond donors (Lipinski definition) is 1. The highest BCUT2D eigenvalue weighted by Crippen LogP contribution is 2.47. The first-order valence-corrected chi connectivity index (χ1v) is 12.4. The van der Waals surface area contributed by atoms with Crippen LogP contribution in [0, 0.1) is 0 Å². The molecular weight excluding hydrogens is 468 g/mol. The average molecular weight is 499 g/mol. The molecule has 2 aliphatic rings. The molecule has 0 aliphatic carbocycles. The van der Waals surface area contributed by atoms with Gasteiger partial charge in [0.05, 0.1) is 23.7 Å². The number of benzene rings is 1. The summed E-state index contributed by atoms with van der Waals surface area (Å²) in [6, 6.07) is 9.55. The molecule has 0 fully saturated rings. The number of dihydropyridines is 1. The standard InChI is InChI=1S/C26H30N2O6S/c1-5-31-25(29)21-16(2)27-17(3)22(23(21)19-9-6-10-20-24(19)34-15-33-20)26(30)32-12-11-28(4)14-18-8-7-13-35-18/h6-10,13,23,27H,5,11-12,14-15H2,1-4H3. The molecule has 1 atom stereocenters. The van der Waals surface area contributed by atoms with Crippen LogP contribution in [0.5, 0.6) is 11.5 Å². The molecule has 1 unspecified atom stereocenters. The zero-order valence-electron chi connectivity index (χ0n) is 20.4. The van der Waals surface area contributed by atoms with Crippen molar-refractivity contribution in [2.45, 2.75) is 33.2 Å². The number of carbonyl (C=O) groups excluding carboxylic acids is 2. The molecule has 0 bridgehead atoms. The second-order valence-corrected chi connectivity index (χ2v) is 9.42. The van der Waals surface area contributed by atoms with Crippen LogP contribution >= 0.6 is 11.3 Å². The van der Waals surface area contributed by atoms with Gasteiger partial charge in [-0.2, -0.15) is 0 Å². The largest absolute Gasteiger partial charge is 0.463 e. The normalized spacial score (nSPS) is 17.0. The number of nitrogens with zero attached hydrogens (tertiary/aromatic N) is 1. The highest BCUT2D eigenvalue weighted by atomic mass is 32.1. The number of fused-ring (bicyclic) bond motifs is 1. The number of para-hydroxylation sites is 1. The number of esters is 2. The Morgan fingerprint density at radius 2 is 1.83 bits per heavy atom. The number of carbonyl (C=O) groups is 2. The fraction of sp³-hybridized carbons (Fsp3) is 0.385. The van der Waals surface area contributed by atoms with Crippen molar-refractivity contribution in [2.24, 2.45) is 0 Å². The smallest absolute Gasteiger partial charge is 0.336 e. The molecule has 2 aromatic rings. The van der Waals surface area contributed by atoms with Crippen molar-refractivity contribution in [3.8, 4) is 11.5 Å². The molecule has 0 amide bonds. The van der Waals surface area contributed by atoms with Crippen LogP contribution in [0.25, 0.3) is 0 Å². The summed E-state index contributed by atoms with van der Waals surface area (Å²) in [4.78, 5) is 29.8. The molecule has 0 saturated carbocycles. The second-order valence-electron chi connectivity index (χ2n) is 8.39. The van der Waals surface area contributed by atoms with E-state index in [0.717, 1.165) is 6.54 Å². The van der Waals surface area contributed by atoms with E-state index in [1.165, 1.54) is 4.88 Å². The van der Waals surface area contributed by atoms with Gasteiger partial charge in [-0.15, -0.1) is 11.3 Å². The first-order valence-electron chi connectivity index (χ1n) is 11.5. The molecule has 9 heteroatoms. The van der Waals surface area contributed by atoms with Gasteiger partial charge in [0.2, 0.25) is 6.79 Å². The lowest BCUT2D eigenvalue weighted by atomic mass is 9.80. The van der Waals surface area contributed by atoms with Crippen LogP contribution in [0.3, 0.4) is 0 Å². The van der Waals surface area contributed by atoms with Gasteiger partial charge in [-0.05, 0) is 45.3 Å². The molecule has 8 nitrogen and oxygen atoms in total. The lowest BCUT2D eigenvalue weighted by Gasteiger charge is -2.31. The van der Waals surface area contributed by atoms with Crippen LogP contribution in [0.15, 0.2) is 58.3 Å². The Labute approximate surface area is 209 Å². The molecule has 1 aromatic heterocycles. The number of hydrogen-bond acceptors (Lipinski definition) is 9. The molecule has 2 aliphatic heterocycles. The van der Waals surface area contributed by atoms with Crippen molar-refractivity contribution in [3.63, 3.8) is 0 Å². The van der Waals surface area contributed by atoms with E-state index in [1.807, 2.05) is 30.6 Å². The zero-order valence-corrected chi connectivity index (χ0v) is 21.2. The average Bonchev–Trinajstić information content (AvgIpc) is 3.50. The molecule has 186 valence electrons. The number of rotatable bonds is 9. The quantitative estimate of drug-likeness (QED) is 0.520. The van der Waals surface area contributed by atoms with Crippen LogP contribution in [0.2, 0.25) is 0 Å². The van der Waals surface area contributed by atoms with Gasteiger partial charge in [0, 0.05) is 34.9 Å². The van der Waals surface area contributed by atoms with Gasteiger partial charge in [0.15, 0.2) is 11.5 Å². The Morgan fingerprint density at radius 1 is 1.09 bits per heavy atom. The molecule has 4 rings (SSSR count). The maximum absolute atomic E-state index is 13.4. The molecular formula is C26H30N2O6S. The summed E-state index contributed by atoms with van der Waals surface area (Å²) in [5.41, 5.74) is 2.60. The van der Waals surface area contributed by atoms with Crippen molar-refractivity contribution in [2.75, 3.05) is 33.6 Å². The third-order valence-electron chi connectivity index (χ3n) is 5.93. The van der Waals surface area contributed by atoms with Gasteiger partial charge >= 0.3 is 11.9 Å². The van der Waals surface area contributed by atoms with Gasteiger partial charge in [-0.1, -0.05) is 18.2 Å². The summed E-state index contributed by atoms with van der Waals surface area (Å²) < 4.78 is 22.4. The predicted octanol–water partition coefficient (Wildman–Crippen LogP) is 3.95. The van der Waals surface area contributed by atoms with Crippen molar-refractivity contribution >= 4 is 23.3 Å². The minimum atomic E-state index is -0.719. The van der Waals surface area contributed by atoms with E-state index in [2.05, 4.69) is 16.3 Å². The third kappa shape index (κ3) is 5.36. The summed E-state index contributed by atoms with van der Waals surface area (Å²) in [5, 5.41) is 5.21. The highest BCUT2D eigenvalue weighted by molar-refractivity contribution is 7.09. The molecule has 3 heterocycles. The zero-order chi connectivity index (χ0) is 24.9. The van der Waals surface area contributed by atoms with E-state index < -0.39 is 17.9 Å². The Morgan fingerprint density at radius 3 is 2.51 bits per heavy atom. The van der Waals surface area contributed by atoms with Crippen molar-refractivity contribution < 1.29 is 28.5 Å². The monoisotopic (exact) mass is 498 g/mol. The summed E-state index contributed by atoms with van der Waals surface area (Å²) in [5.74, 6) is -0.614. The summed E-state index contributed by atoms with van der Waals surface area (Å²) >= 11 is 1.69. The van der Waals surface area contributed by atoms with Gasteiger partial charge in [-0.3, -0.25) is 4.90 Å². The van der Waals surface area contributed by atoms with Gasteiger partial charge < -0.3 is 24.3 Å². The van der Waals surface area contributed by atoms with Gasteiger partial charge in [0.1, 0.15) is 6.61 Å². The molecule has 0 radical (unpaired) electrons. The Hall–Kier alpha value is -3.30. The Bertz CT molecular complexity index is 1150. The summed E-state index contributed by atoms with van der Waals surface area (Å²) in [6.07, 6.45) is 0. The first-order chi connectivity index (χ1) is 16.9. The van der Waals surface area contributed by atoms with E-state index in [9.17, 15) is 9.59 Å². The molecule has 1 N–H and O–H groups in total. The van der Waals surface area contributed by atoms with Crippen LogP contribution in [-0.2, 0) is 25.6 Å². The van der Waals surface area contributed by atoms with Crippen molar-refractivity contribution in [1.82, 2.24) is 10.2 Å². The molecule has 1 aromatic carbocycles. The topological polar surface area (TPSA) is 86.3 Å². The van der Waals surface area contributed by atoms with E-state index >= 15 is 0 Å². The third-order valence-corrected chi connectivity index (χ3v) is 6.79. The molecule has 0 spiro atoms. The second kappa shape index (κ2) is 11.0. The lowest BCUT2D eigenvalue weighted by molar-refractivity contribution is -0.140. The van der Waals surface area contributed by atoms with Crippen molar-refractivity contribution in [1.29, 1.82) is 0 Å². The number of thiophene rings is 1. The van der Waals surface area contributed by atoms with E-state index in [4.69, 9.17) is 18.9 Å². The number of allylic oxidation sites excluding steroid dienone is 2. The summed E-state index contributed by atoms with van der Waals surface area (Å²) in [7, 11) is 1.98. The maximum atomic E-state index is 13.4. The van der Waals surface area contributed by atoms with E-state index in [1.54, 1.807) is 38.2 Å². The van der Waals surface area contributed by atoms with Gasteiger partial charge in [0.25, 0.3) is 0 Å². The Balaban J connectivity index is 1.60. The van der Waals surface area contributed by atoms with Crippen LogP contribution < -0.4 is 14.8 Å². The maximum Gasteiger partial charge on any atom is 0.336 e. The molecule has 0 saturated heterocycles. The van der Waals surface area contributed by atoms with Crippen LogP contribution in [0.1, 0.15) is 37.1 Å². The van der Waals surface area contributed by atoms with Crippen LogP contribution in [0.4, 0.5) is 0 Å². The lowest BCUT2D eigenvalue weighted by Crippen LogP contribution is -2.33. The predicted molar refractivity (Wildman–Crippen MR) is 132 cm³/mol. The fourth-order valence-electron chi connectivity index (χ4n) is 4.35. The first kappa shape index (κ1) is 24.8. The SMILES string of the molecule is CCOC(=O)C1=C(C)NC(C)=C(C(=O)OCCN(C)Cc2cccs2)C1c1cccc2c1OCO2. The number of likely N-dealkylation sites (N-methyl/N-ethyl adjacent to an activating group) is 1. The number of ether oxygens (including phenoxy) is 4. The van der Waals surface area contributed by atoms with Crippen molar-refractivity contribution in [3.05, 3.63) is 68.7 Å². The minimum absolute atomic E-state index is 0.0772. The number of nitrogens with one attached hydrogen (secondary N) is 1. The van der Waals surface area contributed by atoms with E-state index in [0.29, 0.717) is 46.1 Å². The van der Waals surface area contributed by atoms with Crippen LogP contribution in [-0.4, -0.2) is 50.4 Å². The fourth-order valence-corrected chi connectivity index (χ4v) is 5.14. The van der Waals surface area contributed by atoms with E-state index in [-0.39, 0.29) is 20.0 Å². The highest BCUT2D eigenvalue weighted by Gasteiger charge is 2.40. The van der Waals surface area contributed by atoms with Gasteiger partial charge in [-0.25, -0.2) is 9.59 Å².